The maximum Gasteiger partial charge on any atom is 0.236 e. The second-order valence-electron chi connectivity index (χ2n) is 4.65. The summed E-state index contributed by atoms with van der Waals surface area (Å²) in [6.45, 7) is 3.50. The summed E-state index contributed by atoms with van der Waals surface area (Å²) in [6, 6.07) is 10.0. The molecule has 1 aromatic rings. The summed E-state index contributed by atoms with van der Waals surface area (Å²) in [6.07, 6.45) is 1.12. The lowest BCUT2D eigenvalue weighted by Gasteiger charge is -2.33. The summed E-state index contributed by atoms with van der Waals surface area (Å²) in [4.78, 5) is 15.8. The van der Waals surface area contributed by atoms with Crippen LogP contribution in [0, 0.1) is 0 Å². The van der Waals surface area contributed by atoms with Gasteiger partial charge in [-0.2, -0.15) is 0 Å². The molecule has 1 heterocycles. The summed E-state index contributed by atoms with van der Waals surface area (Å²) in [5.41, 5.74) is 1.17. The van der Waals surface area contributed by atoms with Crippen molar-refractivity contribution in [1.82, 2.24) is 9.80 Å². The predicted molar refractivity (Wildman–Crippen MR) is 70.0 cm³/mol. The zero-order valence-corrected chi connectivity index (χ0v) is 10.6. The van der Waals surface area contributed by atoms with Crippen LogP contribution in [0.1, 0.15) is 12.0 Å². The van der Waals surface area contributed by atoms with E-state index >= 15 is 0 Å². The van der Waals surface area contributed by atoms with Crippen LogP contribution in [0.5, 0.6) is 0 Å². The Morgan fingerprint density at radius 1 is 1.28 bits per heavy atom. The van der Waals surface area contributed by atoms with Crippen molar-refractivity contribution in [2.24, 2.45) is 0 Å². The van der Waals surface area contributed by atoms with Gasteiger partial charge in [0.15, 0.2) is 0 Å². The van der Waals surface area contributed by atoms with E-state index in [1.54, 1.807) is 0 Å². The molecule has 1 aliphatic heterocycles. The predicted octanol–water partition coefficient (Wildman–Crippen LogP) is 0.713. The fourth-order valence-electron chi connectivity index (χ4n) is 2.05. The van der Waals surface area contributed by atoms with E-state index < -0.39 is 0 Å². The van der Waals surface area contributed by atoms with Gasteiger partial charge in [0.1, 0.15) is 0 Å². The lowest BCUT2D eigenvalue weighted by molar-refractivity contribution is -0.136. The van der Waals surface area contributed by atoms with Crippen LogP contribution in [0.4, 0.5) is 0 Å². The Balaban J connectivity index is 1.88. The van der Waals surface area contributed by atoms with E-state index in [9.17, 15) is 4.79 Å². The number of benzene rings is 1. The minimum absolute atomic E-state index is 0.0834. The first-order valence-electron chi connectivity index (χ1n) is 6.44. The van der Waals surface area contributed by atoms with E-state index in [1.165, 1.54) is 5.56 Å². The van der Waals surface area contributed by atoms with Gasteiger partial charge in [-0.25, -0.2) is 0 Å². The molecule has 0 saturated carbocycles. The van der Waals surface area contributed by atoms with Crippen LogP contribution >= 0.6 is 0 Å². The minimum atomic E-state index is 0.0834. The van der Waals surface area contributed by atoms with Gasteiger partial charge in [-0.3, -0.25) is 9.69 Å². The van der Waals surface area contributed by atoms with Crippen LogP contribution in [0.25, 0.3) is 0 Å². The van der Waals surface area contributed by atoms with Gasteiger partial charge < -0.3 is 10.0 Å². The number of aliphatic hydroxyl groups is 1. The van der Waals surface area contributed by atoms with Crippen molar-refractivity contribution < 1.29 is 9.90 Å². The molecule has 4 heteroatoms. The molecule has 1 amide bonds. The fraction of sp³-hybridized carbons (Fsp3) is 0.500. The van der Waals surface area contributed by atoms with E-state index in [-0.39, 0.29) is 12.5 Å². The third-order valence-corrected chi connectivity index (χ3v) is 3.23. The molecule has 1 aliphatic rings. The molecule has 0 aromatic heterocycles. The summed E-state index contributed by atoms with van der Waals surface area (Å²) >= 11 is 0. The zero-order valence-electron chi connectivity index (χ0n) is 10.6. The number of hydrogen-bond acceptors (Lipinski definition) is 3. The molecule has 1 aromatic carbocycles. The van der Waals surface area contributed by atoms with E-state index in [1.807, 2.05) is 40.1 Å². The van der Waals surface area contributed by atoms with E-state index in [0.717, 1.165) is 19.5 Å². The molecule has 0 spiro atoms. The van der Waals surface area contributed by atoms with E-state index in [4.69, 9.17) is 5.11 Å². The first-order valence-corrected chi connectivity index (χ1v) is 6.44. The first kappa shape index (κ1) is 13.1. The maximum atomic E-state index is 11.9. The standard InChI is InChI=1S/C14H20N2O2/c17-10-9-15(11-13-5-2-1-3-6-13)12-14(18)16-7-4-8-16/h1-3,5-6,17H,4,7-12H2. The second-order valence-corrected chi connectivity index (χ2v) is 4.65. The zero-order chi connectivity index (χ0) is 12.8. The highest BCUT2D eigenvalue weighted by Crippen LogP contribution is 2.09. The fourth-order valence-corrected chi connectivity index (χ4v) is 2.05. The number of nitrogens with zero attached hydrogens (tertiary/aromatic N) is 2. The topological polar surface area (TPSA) is 43.8 Å². The number of hydrogen-bond donors (Lipinski definition) is 1. The van der Waals surface area contributed by atoms with Gasteiger partial charge in [0.2, 0.25) is 5.91 Å². The van der Waals surface area contributed by atoms with E-state index in [2.05, 4.69) is 0 Å². The van der Waals surface area contributed by atoms with Crippen molar-refractivity contribution in [2.45, 2.75) is 13.0 Å². The minimum Gasteiger partial charge on any atom is -0.395 e. The van der Waals surface area contributed by atoms with Gasteiger partial charge in [-0.15, -0.1) is 0 Å². The monoisotopic (exact) mass is 248 g/mol. The van der Waals surface area contributed by atoms with Crippen LogP contribution in [0.15, 0.2) is 30.3 Å². The summed E-state index contributed by atoms with van der Waals surface area (Å²) in [5.74, 6) is 0.172. The van der Waals surface area contributed by atoms with Crippen molar-refractivity contribution in [3.05, 3.63) is 35.9 Å². The molecular formula is C14H20N2O2. The summed E-state index contributed by atoms with van der Waals surface area (Å²) in [5, 5.41) is 9.07. The third-order valence-electron chi connectivity index (χ3n) is 3.23. The highest BCUT2D eigenvalue weighted by atomic mass is 16.3. The molecule has 1 fully saturated rings. The smallest absolute Gasteiger partial charge is 0.236 e. The van der Waals surface area contributed by atoms with Crippen LogP contribution in [0.2, 0.25) is 0 Å². The van der Waals surface area contributed by atoms with Gasteiger partial charge in [0.05, 0.1) is 13.2 Å². The van der Waals surface area contributed by atoms with Gasteiger partial charge >= 0.3 is 0 Å². The van der Waals surface area contributed by atoms with Crippen molar-refractivity contribution >= 4 is 5.91 Å². The molecule has 2 rings (SSSR count). The van der Waals surface area contributed by atoms with Crippen LogP contribution in [0.3, 0.4) is 0 Å². The Bertz CT molecular complexity index is 377. The van der Waals surface area contributed by atoms with Gasteiger partial charge in [-0.1, -0.05) is 30.3 Å². The quantitative estimate of drug-likeness (QED) is 0.806. The Kier molecular flexibility index (Phi) is 4.73. The average molecular weight is 248 g/mol. The molecule has 0 aliphatic carbocycles. The molecular weight excluding hydrogens is 228 g/mol. The summed E-state index contributed by atoms with van der Waals surface area (Å²) < 4.78 is 0. The van der Waals surface area contributed by atoms with Crippen LogP contribution in [-0.4, -0.2) is 53.6 Å². The molecule has 0 unspecified atom stereocenters. The maximum absolute atomic E-state index is 11.9. The molecule has 0 radical (unpaired) electrons. The molecule has 0 bridgehead atoms. The Labute approximate surface area is 108 Å². The van der Waals surface area contributed by atoms with Gasteiger partial charge in [-0.05, 0) is 12.0 Å². The van der Waals surface area contributed by atoms with Gasteiger partial charge in [0, 0.05) is 26.2 Å². The molecule has 98 valence electrons. The van der Waals surface area contributed by atoms with Crippen molar-refractivity contribution in [2.75, 3.05) is 32.8 Å². The normalized spacial score (nSPS) is 14.7. The number of carbonyl (C=O) groups excluding carboxylic acids is 1. The van der Waals surface area contributed by atoms with Crippen LogP contribution in [-0.2, 0) is 11.3 Å². The summed E-state index contributed by atoms with van der Waals surface area (Å²) in [7, 11) is 0. The lowest BCUT2D eigenvalue weighted by Crippen LogP contribution is -2.47. The largest absolute Gasteiger partial charge is 0.395 e. The molecule has 4 nitrogen and oxygen atoms in total. The number of carbonyl (C=O) groups is 1. The molecule has 0 atom stereocenters. The molecule has 18 heavy (non-hydrogen) atoms. The highest BCUT2D eigenvalue weighted by molar-refractivity contribution is 5.78. The van der Waals surface area contributed by atoms with Crippen LogP contribution < -0.4 is 0 Å². The number of aliphatic hydroxyl groups excluding tert-OH is 1. The van der Waals surface area contributed by atoms with Gasteiger partial charge in [0.25, 0.3) is 0 Å². The SMILES string of the molecule is O=C(CN(CCO)Cc1ccccc1)N1CCC1. The highest BCUT2D eigenvalue weighted by Gasteiger charge is 2.22. The van der Waals surface area contributed by atoms with Crippen molar-refractivity contribution in [3.8, 4) is 0 Å². The van der Waals surface area contributed by atoms with Crippen molar-refractivity contribution in [3.63, 3.8) is 0 Å². The van der Waals surface area contributed by atoms with E-state index in [0.29, 0.717) is 19.6 Å². The Hall–Kier alpha value is -1.39. The lowest BCUT2D eigenvalue weighted by atomic mass is 10.2. The number of rotatable bonds is 6. The number of likely N-dealkylation sites (tertiary alicyclic amines) is 1. The first-order chi connectivity index (χ1) is 8.79. The Morgan fingerprint density at radius 2 is 2.00 bits per heavy atom. The second kappa shape index (κ2) is 6.52. The third kappa shape index (κ3) is 3.55. The van der Waals surface area contributed by atoms with Crippen molar-refractivity contribution in [1.29, 1.82) is 0 Å². The average Bonchev–Trinajstić information content (AvgIpc) is 2.28. The molecule has 1 saturated heterocycles. The number of amides is 1. The Morgan fingerprint density at radius 3 is 2.56 bits per heavy atom. The molecule has 1 N–H and O–H groups in total.